The first kappa shape index (κ1) is 13.5. The van der Waals surface area contributed by atoms with Gasteiger partial charge in [0.2, 0.25) is 0 Å². The summed E-state index contributed by atoms with van der Waals surface area (Å²) in [5.74, 6) is 1.14. The van der Waals surface area contributed by atoms with Gasteiger partial charge in [-0.05, 0) is 17.7 Å². The van der Waals surface area contributed by atoms with E-state index in [1.807, 2.05) is 0 Å². The molecule has 6 heteroatoms. The molecule has 1 heterocycles. The summed E-state index contributed by atoms with van der Waals surface area (Å²) in [4.78, 5) is 12.8. The molecule has 6 nitrogen and oxygen atoms in total. The van der Waals surface area contributed by atoms with Gasteiger partial charge in [0.1, 0.15) is 6.61 Å². The van der Waals surface area contributed by atoms with Crippen molar-refractivity contribution in [2.75, 3.05) is 33.9 Å². The third-order valence-corrected chi connectivity index (χ3v) is 3.03. The van der Waals surface area contributed by atoms with E-state index in [9.17, 15) is 9.90 Å². The number of hydrogen-bond donors (Lipinski definition) is 1. The molecule has 1 amide bonds. The standard InChI is InChI=1S/C13H17NO5/c1-17-11-4-3-9(7-12(11)18-2)10(15)8-14-5-6-19-13(14)16/h3-4,7,10,15H,5-6,8H2,1-2H3. The van der Waals surface area contributed by atoms with Gasteiger partial charge >= 0.3 is 6.09 Å². The number of cyclic esters (lactones) is 1. The van der Waals surface area contributed by atoms with Crippen molar-refractivity contribution in [2.45, 2.75) is 6.10 Å². The van der Waals surface area contributed by atoms with Crippen LogP contribution in [0.1, 0.15) is 11.7 Å². The number of hydrogen-bond acceptors (Lipinski definition) is 5. The number of benzene rings is 1. The van der Waals surface area contributed by atoms with Crippen molar-refractivity contribution in [3.05, 3.63) is 23.8 Å². The average Bonchev–Trinajstić information content (AvgIpc) is 2.83. The van der Waals surface area contributed by atoms with Crippen molar-refractivity contribution in [1.29, 1.82) is 0 Å². The molecule has 104 valence electrons. The van der Waals surface area contributed by atoms with E-state index < -0.39 is 6.10 Å². The number of aliphatic hydroxyl groups excluding tert-OH is 1. The molecular weight excluding hydrogens is 250 g/mol. The molecule has 1 N–H and O–H groups in total. The first-order valence-corrected chi connectivity index (χ1v) is 5.97. The molecule has 0 aromatic heterocycles. The van der Waals surface area contributed by atoms with Crippen LogP contribution in [0.25, 0.3) is 0 Å². The van der Waals surface area contributed by atoms with E-state index in [1.165, 1.54) is 12.0 Å². The van der Waals surface area contributed by atoms with Gasteiger partial charge in [-0.2, -0.15) is 0 Å². The van der Waals surface area contributed by atoms with Crippen LogP contribution >= 0.6 is 0 Å². The van der Waals surface area contributed by atoms with Crippen molar-refractivity contribution < 1.29 is 24.1 Å². The number of aliphatic hydroxyl groups is 1. The van der Waals surface area contributed by atoms with Crippen LogP contribution in [-0.2, 0) is 4.74 Å². The summed E-state index contributed by atoms with van der Waals surface area (Å²) in [6.45, 7) is 1.08. The Labute approximate surface area is 111 Å². The molecule has 1 saturated heterocycles. The van der Waals surface area contributed by atoms with Gasteiger partial charge in [0.05, 0.1) is 33.4 Å². The second-order valence-corrected chi connectivity index (χ2v) is 4.19. The number of carbonyl (C=O) groups is 1. The Morgan fingerprint density at radius 1 is 1.37 bits per heavy atom. The zero-order chi connectivity index (χ0) is 13.8. The van der Waals surface area contributed by atoms with Crippen LogP contribution in [0.4, 0.5) is 4.79 Å². The lowest BCUT2D eigenvalue weighted by Crippen LogP contribution is -2.29. The van der Waals surface area contributed by atoms with E-state index in [4.69, 9.17) is 14.2 Å². The lowest BCUT2D eigenvalue weighted by atomic mass is 10.1. The molecular formula is C13H17NO5. The summed E-state index contributed by atoms with van der Waals surface area (Å²) in [5, 5.41) is 10.1. The molecule has 2 rings (SSSR count). The SMILES string of the molecule is COc1ccc(C(O)CN2CCOC2=O)cc1OC. The van der Waals surface area contributed by atoms with Crippen molar-refractivity contribution in [3.8, 4) is 11.5 Å². The van der Waals surface area contributed by atoms with E-state index in [1.54, 1.807) is 25.3 Å². The summed E-state index contributed by atoms with van der Waals surface area (Å²) >= 11 is 0. The lowest BCUT2D eigenvalue weighted by Gasteiger charge is -2.19. The fraction of sp³-hybridized carbons (Fsp3) is 0.462. The predicted molar refractivity (Wildman–Crippen MR) is 67.4 cm³/mol. The average molecular weight is 267 g/mol. The van der Waals surface area contributed by atoms with Gasteiger partial charge in [-0.25, -0.2) is 4.79 Å². The fourth-order valence-corrected chi connectivity index (χ4v) is 1.97. The Morgan fingerprint density at radius 2 is 2.11 bits per heavy atom. The third-order valence-electron chi connectivity index (χ3n) is 3.03. The van der Waals surface area contributed by atoms with Gasteiger partial charge in [-0.15, -0.1) is 0 Å². The molecule has 1 aliphatic rings. The molecule has 0 radical (unpaired) electrons. The van der Waals surface area contributed by atoms with Gasteiger partial charge in [0, 0.05) is 0 Å². The second kappa shape index (κ2) is 5.79. The summed E-state index contributed by atoms with van der Waals surface area (Å²) in [5.41, 5.74) is 0.664. The number of rotatable bonds is 5. The van der Waals surface area contributed by atoms with Gasteiger partial charge in [0.15, 0.2) is 11.5 Å². The minimum atomic E-state index is -0.787. The number of amides is 1. The molecule has 1 atom stereocenters. The largest absolute Gasteiger partial charge is 0.493 e. The molecule has 0 bridgehead atoms. The van der Waals surface area contributed by atoms with Crippen LogP contribution in [0, 0.1) is 0 Å². The smallest absolute Gasteiger partial charge is 0.410 e. The molecule has 0 saturated carbocycles. The molecule has 0 aliphatic carbocycles. The van der Waals surface area contributed by atoms with Crippen molar-refractivity contribution in [2.24, 2.45) is 0 Å². The highest BCUT2D eigenvalue weighted by Gasteiger charge is 2.25. The molecule has 1 unspecified atom stereocenters. The van der Waals surface area contributed by atoms with Crippen LogP contribution < -0.4 is 9.47 Å². The number of β-amino-alcohol motifs (C(OH)–C–C–N with tert-alkyl or cyclic N) is 1. The summed E-state index contributed by atoms with van der Waals surface area (Å²) in [7, 11) is 3.08. The topological polar surface area (TPSA) is 68.2 Å². The Kier molecular flexibility index (Phi) is 4.11. The predicted octanol–water partition coefficient (Wildman–Crippen LogP) is 1.19. The van der Waals surface area contributed by atoms with E-state index in [0.29, 0.717) is 30.2 Å². The zero-order valence-electron chi connectivity index (χ0n) is 11.0. The fourth-order valence-electron chi connectivity index (χ4n) is 1.97. The monoisotopic (exact) mass is 267 g/mol. The summed E-state index contributed by atoms with van der Waals surface area (Å²) in [6, 6.07) is 5.16. The minimum Gasteiger partial charge on any atom is -0.493 e. The van der Waals surface area contributed by atoms with Gasteiger partial charge < -0.3 is 24.2 Å². The van der Waals surface area contributed by atoms with Gasteiger partial charge in [0.25, 0.3) is 0 Å². The van der Waals surface area contributed by atoms with Crippen molar-refractivity contribution >= 4 is 6.09 Å². The van der Waals surface area contributed by atoms with Crippen molar-refractivity contribution in [3.63, 3.8) is 0 Å². The molecule has 19 heavy (non-hydrogen) atoms. The van der Waals surface area contributed by atoms with Crippen LogP contribution in [0.3, 0.4) is 0 Å². The second-order valence-electron chi connectivity index (χ2n) is 4.19. The highest BCUT2D eigenvalue weighted by atomic mass is 16.6. The highest BCUT2D eigenvalue weighted by molar-refractivity contribution is 5.69. The van der Waals surface area contributed by atoms with Crippen molar-refractivity contribution in [1.82, 2.24) is 4.90 Å². The molecule has 0 spiro atoms. The number of ether oxygens (including phenoxy) is 3. The maximum atomic E-state index is 11.3. The van der Waals surface area contributed by atoms with Crippen LogP contribution in [0.2, 0.25) is 0 Å². The molecule has 1 aliphatic heterocycles. The maximum Gasteiger partial charge on any atom is 0.410 e. The quantitative estimate of drug-likeness (QED) is 0.868. The zero-order valence-corrected chi connectivity index (χ0v) is 11.0. The van der Waals surface area contributed by atoms with Crippen LogP contribution in [0.5, 0.6) is 11.5 Å². The molecule has 1 aromatic rings. The summed E-state index contributed by atoms with van der Waals surface area (Å²) < 4.78 is 15.1. The van der Waals surface area contributed by atoms with Crippen LogP contribution in [0.15, 0.2) is 18.2 Å². The highest BCUT2D eigenvalue weighted by Crippen LogP contribution is 2.30. The van der Waals surface area contributed by atoms with Crippen LogP contribution in [-0.4, -0.2) is 50.0 Å². The number of carbonyl (C=O) groups excluding carboxylic acids is 1. The molecule has 1 aromatic carbocycles. The van der Waals surface area contributed by atoms with Gasteiger partial charge in [-0.1, -0.05) is 6.07 Å². The lowest BCUT2D eigenvalue weighted by molar-refractivity contribution is 0.118. The Balaban J connectivity index is 2.10. The number of methoxy groups -OCH3 is 2. The normalized spacial score (nSPS) is 16.2. The third kappa shape index (κ3) is 2.90. The van der Waals surface area contributed by atoms with E-state index >= 15 is 0 Å². The minimum absolute atomic E-state index is 0.203. The van der Waals surface area contributed by atoms with E-state index in [0.717, 1.165) is 0 Å². The Bertz CT molecular complexity index is 462. The first-order chi connectivity index (χ1) is 9.15. The maximum absolute atomic E-state index is 11.3. The first-order valence-electron chi connectivity index (χ1n) is 5.97. The number of nitrogens with zero attached hydrogens (tertiary/aromatic N) is 1. The van der Waals surface area contributed by atoms with E-state index in [-0.39, 0.29) is 12.6 Å². The summed E-state index contributed by atoms with van der Waals surface area (Å²) in [6.07, 6.45) is -1.18. The Morgan fingerprint density at radius 3 is 2.68 bits per heavy atom. The Hall–Kier alpha value is -1.95. The van der Waals surface area contributed by atoms with Gasteiger partial charge in [-0.3, -0.25) is 0 Å². The molecule has 1 fully saturated rings. The van der Waals surface area contributed by atoms with E-state index in [2.05, 4.69) is 0 Å².